The number of morpholine rings is 1. The first-order chi connectivity index (χ1) is 12.1. The second kappa shape index (κ2) is 8.51. The summed E-state index contributed by atoms with van der Waals surface area (Å²) in [6, 6.07) is 5.68. The van der Waals surface area contributed by atoms with Crippen molar-refractivity contribution in [2.45, 2.75) is 19.4 Å². The van der Waals surface area contributed by atoms with Gasteiger partial charge in [0.25, 0.3) is 0 Å². The van der Waals surface area contributed by atoms with E-state index in [4.69, 9.17) is 9.47 Å². The molecule has 1 saturated heterocycles. The van der Waals surface area contributed by atoms with Gasteiger partial charge in [0, 0.05) is 31.9 Å². The third kappa shape index (κ3) is 4.84. The Bertz CT molecular complexity index is 687. The molecular formula is C18H23F2N3O2. The Labute approximate surface area is 145 Å². The number of aromatic amines is 1. The zero-order valence-electron chi connectivity index (χ0n) is 14.3. The number of aromatic nitrogens is 2. The third-order valence-electron chi connectivity index (χ3n) is 4.25. The largest absolute Gasteiger partial charge is 0.379 e. The normalized spacial score (nSPS) is 16.9. The van der Waals surface area contributed by atoms with Gasteiger partial charge in [0.15, 0.2) is 11.6 Å². The molecule has 1 atom stereocenters. The average Bonchev–Trinajstić information content (AvgIpc) is 3.04. The molecular weight excluding hydrogens is 328 g/mol. The number of nitrogens with zero attached hydrogens (tertiary/aromatic N) is 2. The third-order valence-corrected chi connectivity index (χ3v) is 4.25. The van der Waals surface area contributed by atoms with Gasteiger partial charge in [0.2, 0.25) is 0 Å². The lowest BCUT2D eigenvalue weighted by Gasteiger charge is -2.26. The quantitative estimate of drug-likeness (QED) is 0.780. The molecule has 1 aliphatic rings. The van der Waals surface area contributed by atoms with Crippen molar-refractivity contribution in [1.29, 1.82) is 0 Å². The molecule has 1 aromatic carbocycles. The number of hydrogen-bond donors (Lipinski definition) is 1. The van der Waals surface area contributed by atoms with Crippen LogP contribution in [0, 0.1) is 18.6 Å². The maximum absolute atomic E-state index is 13.6. The Kier molecular flexibility index (Phi) is 6.12. The SMILES string of the molecule is Cc1cc(C(OCCCN2CCOCC2)c2ccc(F)c(F)c2)n[nH]1. The molecule has 7 heteroatoms. The number of hydrogen-bond acceptors (Lipinski definition) is 4. The van der Waals surface area contributed by atoms with Gasteiger partial charge >= 0.3 is 0 Å². The van der Waals surface area contributed by atoms with E-state index in [0.29, 0.717) is 17.9 Å². The number of ether oxygens (including phenoxy) is 2. The molecule has 1 unspecified atom stereocenters. The Balaban J connectivity index is 1.63. The lowest BCUT2D eigenvalue weighted by molar-refractivity contribution is 0.0262. The van der Waals surface area contributed by atoms with E-state index in [0.717, 1.165) is 51.0 Å². The van der Waals surface area contributed by atoms with Crippen molar-refractivity contribution in [1.82, 2.24) is 15.1 Å². The summed E-state index contributed by atoms with van der Waals surface area (Å²) in [4.78, 5) is 2.33. The maximum Gasteiger partial charge on any atom is 0.159 e. The van der Waals surface area contributed by atoms with Gasteiger partial charge in [-0.3, -0.25) is 10.00 Å². The Morgan fingerprint density at radius 2 is 2.04 bits per heavy atom. The van der Waals surface area contributed by atoms with Crippen molar-refractivity contribution in [3.8, 4) is 0 Å². The van der Waals surface area contributed by atoms with Gasteiger partial charge in [-0.15, -0.1) is 0 Å². The molecule has 1 aliphatic heterocycles. The molecule has 2 aromatic rings. The van der Waals surface area contributed by atoms with Gasteiger partial charge in [-0.05, 0) is 37.1 Å². The minimum absolute atomic E-state index is 0.507. The van der Waals surface area contributed by atoms with Crippen LogP contribution in [0.25, 0.3) is 0 Å². The van der Waals surface area contributed by atoms with E-state index in [1.165, 1.54) is 12.1 Å². The number of nitrogens with one attached hydrogen (secondary N) is 1. The number of H-pyrrole nitrogens is 1. The molecule has 0 saturated carbocycles. The van der Waals surface area contributed by atoms with Crippen LogP contribution in [-0.2, 0) is 9.47 Å². The van der Waals surface area contributed by atoms with Crippen LogP contribution in [0.1, 0.15) is 29.5 Å². The highest BCUT2D eigenvalue weighted by molar-refractivity contribution is 5.27. The van der Waals surface area contributed by atoms with Crippen molar-refractivity contribution in [2.24, 2.45) is 0 Å². The molecule has 0 aliphatic carbocycles. The Morgan fingerprint density at radius 1 is 1.24 bits per heavy atom. The predicted molar refractivity (Wildman–Crippen MR) is 89.4 cm³/mol. The van der Waals surface area contributed by atoms with Crippen LogP contribution in [0.5, 0.6) is 0 Å². The van der Waals surface area contributed by atoms with E-state index in [2.05, 4.69) is 15.1 Å². The van der Waals surface area contributed by atoms with E-state index in [1.807, 2.05) is 13.0 Å². The Morgan fingerprint density at radius 3 is 2.72 bits per heavy atom. The molecule has 3 rings (SSSR count). The molecule has 0 bridgehead atoms. The topological polar surface area (TPSA) is 50.4 Å². The second-order valence-corrected chi connectivity index (χ2v) is 6.21. The molecule has 1 aromatic heterocycles. The molecule has 2 heterocycles. The van der Waals surface area contributed by atoms with Crippen molar-refractivity contribution >= 4 is 0 Å². The van der Waals surface area contributed by atoms with E-state index in [1.54, 1.807) is 0 Å². The van der Waals surface area contributed by atoms with Gasteiger partial charge in [-0.2, -0.15) is 5.10 Å². The minimum atomic E-state index is -0.883. The van der Waals surface area contributed by atoms with Gasteiger partial charge in [0.05, 0.1) is 18.9 Å². The summed E-state index contributed by atoms with van der Waals surface area (Å²) in [5.41, 5.74) is 2.10. The molecule has 1 fully saturated rings. The summed E-state index contributed by atoms with van der Waals surface area (Å²) in [6.07, 6.45) is 0.327. The molecule has 25 heavy (non-hydrogen) atoms. The summed E-state index contributed by atoms with van der Waals surface area (Å²) < 4.78 is 38.2. The lowest BCUT2D eigenvalue weighted by Crippen LogP contribution is -2.37. The molecule has 136 valence electrons. The van der Waals surface area contributed by atoms with Crippen LogP contribution >= 0.6 is 0 Å². The van der Waals surface area contributed by atoms with E-state index >= 15 is 0 Å². The van der Waals surface area contributed by atoms with Crippen LogP contribution in [0.4, 0.5) is 8.78 Å². The van der Waals surface area contributed by atoms with Gasteiger partial charge in [0.1, 0.15) is 6.10 Å². The number of halogens is 2. The van der Waals surface area contributed by atoms with Crippen molar-refractivity contribution in [3.63, 3.8) is 0 Å². The van der Waals surface area contributed by atoms with Crippen LogP contribution in [0.3, 0.4) is 0 Å². The maximum atomic E-state index is 13.6. The molecule has 0 spiro atoms. The van der Waals surface area contributed by atoms with Crippen molar-refractivity contribution in [2.75, 3.05) is 39.5 Å². The van der Waals surface area contributed by atoms with Crippen LogP contribution in [0.15, 0.2) is 24.3 Å². The van der Waals surface area contributed by atoms with Crippen molar-refractivity contribution in [3.05, 3.63) is 52.9 Å². The van der Waals surface area contributed by atoms with Crippen LogP contribution in [-0.4, -0.2) is 54.6 Å². The van der Waals surface area contributed by atoms with Gasteiger partial charge < -0.3 is 9.47 Å². The van der Waals surface area contributed by atoms with E-state index in [9.17, 15) is 8.78 Å². The first kappa shape index (κ1) is 18.0. The Hall–Kier alpha value is -1.83. The predicted octanol–water partition coefficient (Wildman–Crippen LogP) is 2.82. The fourth-order valence-corrected chi connectivity index (χ4v) is 2.92. The first-order valence-electron chi connectivity index (χ1n) is 8.52. The van der Waals surface area contributed by atoms with E-state index in [-0.39, 0.29) is 0 Å². The van der Waals surface area contributed by atoms with Crippen LogP contribution < -0.4 is 0 Å². The van der Waals surface area contributed by atoms with Crippen molar-refractivity contribution < 1.29 is 18.3 Å². The zero-order chi connectivity index (χ0) is 17.6. The number of aryl methyl sites for hydroxylation is 1. The monoisotopic (exact) mass is 351 g/mol. The number of benzene rings is 1. The molecule has 0 amide bonds. The summed E-state index contributed by atoms with van der Waals surface area (Å²) in [7, 11) is 0. The zero-order valence-corrected chi connectivity index (χ0v) is 14.3. The summed E-state index contributed by atoms with van der Waals surface area (Å²) in [6.45, 7) is 6.73. The van der Waals surface area contributed by atoms with Gasteiger partial charge in [-0.1, -0.05) is 6.07 Å². The highest BCUT2D eigenvalue weighted by Crippen LogP contribution is 2.26. The fourth-order valence-electron chi connectivity index (χ4n) is 2.92. The average molecular weight is 351 g/mol. The van der Waals surface area contributed by atoms with Gasteiger partial charge in [-0.25, -0.2) is 8.78 Å². The highest BCUT2D eigenvalue weighted by Gasteiger charge is 2.20. The smallest absolute Gasteiger partial charge is 0.159 e. The van der Waals surface area contributed by atoms with Crippen LogP contribution in [0.2, 0.25) is 0 Å². The second-order valence-electron chi connectivity index (χ2n) is 6.21. The standard InChI is InChI=1S/C18H23F2N3O2/c1-13-11-17(22-21-13)18(14-3-4-15(19)16(20)12-14)25-8-2-5-23-6-9-24-10-7-23/h3-4,11-12,18H,2,5-10H2,1H3,(H,21,22). The lowest BCUT2D eigenvalue weighted by atomic mass is 10.1. The molecule has 1 N–H and O–H groups in total. The minimum Gasteiger partial charge on any atom is -0.379 e. The first-order valence-corrected chi connectivity index (χ1v) is 8.52. The highest BCUT2D eigenvalue weighted by atomic mass is 19.2. The molecule has 5 nitrogen and oxygen atoms in total. The van der Waals surface area contributed by atoms with E-state index < -0.39 is 17.7 Å². The fraction of sp³-hybridized carbons (Fsp3) is 0.500. The number of rotatable bonds is 7. The summed E-state index contributed by atoms with van der Waals surface area (Å²) in [5.74, 6) is -1.75. The molecule has 0 radical (unpaired) electrons. The summed E-state index contributed by atoms with van der Waals surface area (Å²) in [5, 5.41) is 7.09. The summed E-state index contributed by atoms with van der Waals surface area (Å²) >= 11 is 0.